The summed E-state index contributed by atoms with van der Waals surface area (Å²) >= 11 is 0. The highest BCUT2D eigenvalue weighted by atomic mass is 16.5. The first-order chi connectivity index (χ1) is 8.70. The number of carbonyl (C=O) groups is 2. The van der Waals surface area contributed by atoms with E-state index in [4.69, 9.17) is 0 Å². The number of carbonyl (C=O) groups excluding carboxylic acids is 2. The fourth-order valence-corrected chi connectivity index (χ4v) is 2.45. The first kappa shape index (κ1) is 12.8. The van der Waals surface area contributed by atoms with Gasteiger partial charge in [0.05, 0.1) is 12.7 Å². The van der Waals surface area contributed by atoms with Gasteiger partial charge in [-0.15, -0.1) is 0 Å². The first-order valence-electron chi connectivity index (χ1n) is 6.40. The van der Waals surface area contributed by atoms with E-state index in [2.05, 4.69) is 4.74 Å². The number of hydrogen-bond donors (Lipinski definition) is 0. The van der Waals surface area contributed by atoms with E-state index in [0.29, 0.717) is 11.3 Å². The SMILES string of the molecule is COC(=O)c1ccc(CC2CCCCC2=O)cc1. The maximum Gasteiger partial charge on any atom is 0.337 e. The zero-order valence-electron chi connectivity index (χ0n) is 10.6. The Hall–Kier alpha value is -1.64. The van der Waals surface area contributed by atoms with E-state index >= 15 is 0 Å². The molecule has 0 aromatic heterocycles. The van der Waals surface area contributed by atoms with E-state index in [1.807, 2.05) is 12.1 Å². The van der Waals surface area contributed by atoms with Gasteiger partial charge in [-0.05, 0) is 37.0 Å². The number of Topliss-reactive ketones (excluding diaryl/α,β-unsaturated/α-hetero) is 1. The number of rotatable bonds is 3. The molecule has 1 aliphatic carbocycles. The highest BCUT2D eigenvalue weighted by Gasteiger charge is 2.22. The van der Waals surface area contributed by atoms with E-state index in [1.54, 1.807) is 12.1 Å². The molecular formula is C15H18O3. The molecule has 1 atom stereocenters. The topological polar surface area (TPSA) is 43.4 Å². The highest BCUT2D eigenvalue weighted by Crippen LogP contribution is 2.24. The molecule has 3 heteroatoms. The molecule has 2 rings (SSSR count). The number of methoxy groups -OCH3 is 1. The van der Waals surface area contributed by atoms with Gasteiger partial charge in [0, 0.05) is 12.3 Å². The molecule has 0 saturated heterocycles. The average molecular weight is 246 g/mol. The van der Waals surface area contributed by atoms with Crippen LogP contribution in [0.1, 0.15) is 41.6 Å². The molecule has 1 unspecified atom stereocenters. The summed E-state index contributed by atoms with van der Waals surface area (Å²) in [5, 5.41) is 0. The summed E-state index contributed by atoms with van der Waals surface area (Å²) in [6.07, 6.45) is 4.70. The van der Waals surface area contributed by atoms with Crippen LogP contribution in [0, 0.1) is 5.92 Å². The molecule has 1 fully saturated rings. The minimum atomic E-state index is -0.324. The van der Waals surface area contributed by atoms with Crippen molar-refractivity contribution in [2.24, 2.45) is 5.92 Å². The third-order valence-corrected chi connectivity index (χ3v) is 3.54. The molecule has 0 radical (unpaired) electrons. The fourth-order valence-electron chi connectivity index (χ4n) is 2.45. The van der Waals surface area contributed by atoms with Crippen LogP contribution < -0.4 is 0 Å². The summed E-state index contributed by atoms with van der Waals surface area (Å²) in [7, 11) is 1.37. The molecule has 96 valence electrons. The van der Waals surface area contributed by atoms with Crippen molar-refractivity contribution in [1.82, 2.24) is 0 Å². The van der Waals surface area contributed by atoms with Gasteiger partial charge in [-0.2, -0.15) is 0 Å². The molecule has 1 saturated carbocycles. The van der Waals surface area contributed by atoms with E-state index in [9.17, 15) is 9.59 Å². The Morgan fingerprint density at radius 3 is 2.61 bits per heavy atom. The minimum Gasteiger partial charge on any atom is -0.465 e. The van der Waals surface area contributed by atoms with Crippen LogP contribution in [0.3, 0.4) is 0 Å². The Bertz CT molecular complexity index is 434. The van der Waals surface area contributed by atoms with Crippen LogP contribution in [0.2, 0.25) is 0 Å². The number of hydrogen-bond acceptors (Lipinski definition) is 3. The lowest BCUT2D eigenvalue weighted by Crippen LogP contribution is -2.21. The van der Waals surface area contributed by atoms with Crippen molar-refractivity contribution in [1.29, 1.82) is 0 Å². The summed E-state index contributed by atoms with van der Waals surface area (Å²) < 4.78 is 4.65. The van der Waals surface area contributed by atoms with Gasteiger partial charge >= 0.3 is 5.97 Å². The normalized spacial score (nSPS) is 19.6. The first-order valence-corrected chi connectivity index (χ1v) is 6.40. The fraction of sp³-hybridized carbons (Fsp3) is 0.467. The van der Waals surface area contributed by atoms with Gasteiger partial charge in [-0.1, -0.05) is 18.6 Å². The summed E-state index contributed by atoms with van der Waals surface area (Å²) in [6.45, 7) is 0. The zero-order valence-corrected chi connectivity index (χ0v) is 10.6. The summed E-state index contributed by atoms with van der Waals surface area (Å²) in [6, 6.07) is 7.34. The van der Waals surface area contributed by atoms with E-state index < -0.39 is 0 Å². The van der Waals surface area contributed by atoms with Crippen LogP contribution >= 0.6 is 0 Å². The van der Waals surface area contributed by atoms with Gasteiger partial charge in [-0.25, -0.2) is 4.79 Å². The van der Waals surface area contributed by atoms with Crippen molar-refractivity contribution in [2.45, 2.75) is 32.1 Å². The Kier molecular flexibility index (Phi) is 4.13. The molecular weight excluding hydrogens is 228 g/mol. The average Bonchev–Trinajstić information content (AvgIpc) is 2.41. The minimum absolute atomic E-state index is 0.169. The second-order valence-electron chi connectivity index (χ2n) is 4.80. The lowest BCUT2D eigenvalue weighted by atomic mass is 9.83. The van der Waals surface area contributed by atoms with Crippen molar-refractivity contribution in [3.63, 3.8) is 0 Å². The van der Waals surface area contributed by atoms with Crippen molar-refractivity contribution >= 4 is 11.8 Å². The molecule has 0 aliphatic heterocycles. The third-order valence-electron chi connectivity index (χ3n) is 3.54. The lowest BCUT2D eigenvalue weighted by Gasteiger charge is -2.20. The number of benzene rings is 1. The molecule has 1 aromatic carbocycles. The van der Waals surface area contributed by atoms with Crippen LogP contribution in [0.4, 0.5) is 0 Å². The van der Waals surface area contributed by atoms with Gasteiger partial charge < -0.3 is 4.74 Å². The van der Waals surface area contributed by atoms with Gasteiger partial charge in [0.15, 0.2) is 0 Å². The smallest absolute Gasteiger partial charge is 0.337 e. The van der Waals surface area contributed by atoms with Crippen LogP contribution in [0.5, 0.6) is 0 Å². The van der Waals surface area contributed by atoms with Crippen molar-refractivity contribution < 1.29 is 14.3 Å². The largest absolute Gasteiger partial charge is 0.465 e. The molecule has 0 amide bonds. The van der Waals surface area contributed by atoms with Gasteiger partial charge in [0.1, 0.15) is 5.78 Å². The monoisotopic (exact) mass is 246 g/mol. The van der Waals surface area contributed by atoms with Gasteiger partial charge in [0.25, 0.3) is 0 Å². The Morgan fingerprint density at radius 1 is 1.28 bits per heavy atom. The van der Waals surface area contributed by atoms with Crippen LogP contribution in [0.25, 0.3) is 0 Å². The molecule has 0 bridgehead atoms. The van der Waals surface area contributed by atoms with Crippen molar-refractivity contribution in [2.75, 3.05) is 7.11 Å². The van der Waals surface area contributed by atoms with Crippen LogP contribution in [0.15, 0.2) is 24.3 Å². The summed E-state index contributed by atoms with van der Waals surface area (Å²) in [5.74, 6) is 0.233. The maximum atomic E-state index is 11.7. The molecule has 1 aromatic rings. The molecule has 0 N–H and O–H groups in total. The maximum absolute atomic E-state index is 11.7. The second kappa shape index (κ2) is 5.80. The molecule has 0 spiro atoms. The quantitative estimate of drug-likeness (QED) is 0.770. The van der Waals surface area contributed by atoms with Gasteiger partial charge in [-0.3, -0.25) is 4.79 Å². The Balaban J connectivity index is 2.01. The predicted octanol–water partition coefficient (Wildman–Crippen LogP) is 2.78. The summed E-state index contributed by atoms with van der Waals surface area (Å²) in [4.78, 5) is 23.0. The third kappa shape index (κ3) is 2.97. The molecule has 0 heterocycles. The zero-order chi connectivity index (χ0) is 13.0. The van der Waals surface area contributed by atoms with Crippen molar-refractivity contribution in [3.8, 4) is 0 Å². The second-order valence-corrected chi connectivity index (χ2v) is 4.80. The number of ether oxygens (including phenoxy) is 1. The summed E-state index contributed by atoms with van der Waals surface area (Å²) in [5.41, 5.74) is 1.67. The van der Waals surface area contributed by atoms with E-state index in [-0.39, 0.29) is 11.9 Å². The molecule has 1 aliphatic rings. The molecule has 3 nitrogen and oxygen atoms in total. The Morgan fingerprint density at radius 2 is 2.00 bits per heavy atom. The van der Waals surface area contributed by atoms with E-state index in [0.717, 1.165) is 37.7 Å². The predicted molar refractivity (Wildman–Crippen MR) is 68.5 cm³/mol. The molecule has 18 heavy (non-hydrogen) atoms. The Labute approximate surface area is 107 Å². The standard InChI is InChI=1S/C15H18O3/c1-18-15(17)12-8-6-11(7-9-12)10-13-4-2-3-5-14(13)16/h6-9,13H,2-5,10H2,1H3. The van der Waals surface area contributed by atoms with Crippen LogP contribution in [-0.2, 0) is 16.0 Å². The van der Waals surface area contributed by atoms with Gasteiger partial charge in [0.2, 0.25) is 0 Å². The number of esters is 1. The van der Waals surface area contributed by atoms with E-state index in [1.165, 1.54) is 7.11 Å². The van der Waals surface area contributed by atoms with Crippen molar-refractivity contribution in [3.05, 3.63) is 35.4 Å². The lowest BCUT2D eigenvalue weighted by molar-refractivity contribution is -0.124. The highest BCUT2D eigenvalue weighted by molar-refractivity contribution is 5.89. The van der Waals surface area contributed by atoms with Crippen LogP contribution in [-0.4, -0.2) is 18.9 Å². The number of ketones is 1.